The third-order valence-corrected chi connectivity index (χ3v) is 3.26. The van der Waals surface area contributed by atoms with Crippen molar-refractivity contribution in [1.29, 1.82) is 0 Å². The van der Waals surface area contributed by atoms with E-state index < -0.39 is 0 Å². The van der Waals surface area contributed by atoms with Crippen LogP contribution in [-0.2, 0) is 0 Å². The maximum Gasteiger partial charge on any atom is 0.128 e. The van der Waals surface area contributed by atoms with Crippen LogP contribution in [0.2, 0.25) is 0 Å². The van der Waals surface area contributed by atoms with E-state index >= 15 is 0 Å². The summed E-state index contributed by atoms with van der Waals surface area (Å²) in [6.45, 7) is 13.3. The highest BCUT2D eigenvalue weighted by molar-refractivity contribution is 4.37. The number of likely N-dealkylation sites (N-methyl/N-ethyl adjacent to an activating group) is 2. The molecule has 0 heterocycles. The van der Waals surface area contributed by atoms with Crippen molar-refractivity contribution in [3.8, 4) is 0 Å². The van der Waals surface area contributed by atoms with Crippen molar-refractivity contribution in [1.82, 2.24) is 0 Å². The van der Waals surface area contributed by atoms with E-state index in [0.717, 1.165) is 4.48 Å². The van der Waals surface area contributed by atoms with Crippen molar-refractivity contribution in [2.75, 3.05) is 53.9 Å². The van der Waals surface area contributed by atoms with Gasteiger partial charge in [0.05, 0.1) is 40.8 Å². The van der Waals surface area contributed by atoms with Crippen LogP contribution in [0.4, 0.5) is 0 Å². The summed E-state index contributed by atoms with van der Waals surface area (Å²) in [4.78, 5) is 0. The second kappa shape index (κ2) is 4.97. The summed E-state index contributed by atoms with van der Waals surface area (Å²) in [5.41, 5.74) is 0. The minimum absolute atomic E-state index is 1.08. The molecule has 0 N–H and O–H groups in total. The predicted octanol–water partition coefficient (Wildman–Crippen LogP) is 1.57. The molecule has 0 saturated carbocycles. The fraction of sp³-hybridized carbons (Fsp3) is 1.00. The molecule has 0 atom stereocenters. The molecule has 0 amide bonds. The highest BCUT2D eigenvalue weighted by Gasteiger charge is 2.23. The summed E-state index contributed by atoms with van der Waals surface area (Å²) >= 11 is 0. The van der Waals surface area contributed by atoms with Crippen LogP contribution in [0, 0.1) is 0 Å². The van der Waals surface area contributed by atoms with E-state index in [1.807, 2.05) is 0 Å². The van der Waals surface area contributed by atoms with Crippen LogP contribution in [-0.4, -0.2) is 62.8 Å². The van der Waals surface area contributed by atoms with Crippen LogP contribution in [0.1, 0.15) is 20.8 Å². The van der Waals surface area contributed by atoms with Gasteiger partial charge in [0.15, 0.2) is 0 Å². The zero-order valence-corrected chi connectivity index (χ0v) is 10.4. The van der Waals surface area contributed by atoms with Crippen LogP contribution in [0.25, 0.3) is 0 Å². The first kappa shape index (κ1) is 12.9. The van der Waals surface area contributed by atoms with Crippen molar-refractivity contribution in [2.24, 2.45) is 0 Å². The van der Waals surface area contributed by atoms with Gasteiger partial charge in [-0.05, 0) is 20.8 Å². The Bertz CT molecular complexity index is 123. The maximum atomic E-state index is 2.31. The van der Waals surface area contributed by atoms with Crippen molar-refractivity contribution in [3.63, 3.8) is 0 Å². The van der Waals surface area contributed by atoms with Crippen LogP contribution in [0.3, 0.4) is 0 Å². The third-order valence-electron chi connectivity index (χ3n) is 3.26. The fourth-order valence-corrected chi connectivity index (χ4v) is 1.66. The quantitative estimate of drug-likeness (QED) is 0.555. The molecule has 0 aromatic carbocycles. The number of hydrogen-bond donors (Lipinski definition) is 0. The summed E-state index contributed by atoms with van der Waals surface area (Å²) in [6.07, 6.45) is 0. The Balaban J connectivity index is 4.11. The minimum Gasteiger partial charge on any atom is -0.326 e. The average Bonchev–Trinajstić information content (AvgIpc) is 2.06. The van der Waals surface area contributed by atoms with E-state index in [4.69, 9.17) is 0 Å². The monoisotopic (exact) mass is 188 g/mol. The van der Waals surface area contributed by atoms with Gasteiger partial charge in [-0.15, -0.1) is 0 Å². The first-order valence-corrected chi connectivity index (χ1v) is 5.54. The van der Waals surface area contributed by atoms with Gasteiger partial charge in [0, 0.05) is 0 Å². The summed E-state index contributed by atoms with van der Waals surface area (Å²) in [5, 5.41) is 0. The molecular formula is C11H28N2+2. The molecular weight excluding hydrogens is 160 g/mol. The first-order chi connectivity index (χ1) is 5.89. The van der Waals surface area contributed by atoms with Gasteiger partial charge in [-0.2, -0.15) is 0 Å². The van der Waals surface area contributed by atoms with Crippen LogP contribution in [0.5, 0.6) is 0 Å². The van der Waals surface area contributed by atoms with Gasteiger partial charge in [0.1, 0.15) is 13.1 Å². The number of nitrogens with zero attached hydrogens (tertiary/aromatic N) is 2. The van der Waals surface area contributed by atoms with Crippen LogP contribution >= 0.6 is 0 Å². The Labute approximate surface area is 84.3 Å². The second-order valence-corrected chi connectivity index (χ2v) is 5.03. The standard InChI is InChI=1S/C11H28N2/c1-7-13(8-2,9-3)11-10-12(4,5)6/h7-11H2,1-6H3/q+2. The van der Waals surface area contributed by atoms with E-state index in [1.165, 1.54) is 37.2 Å². The number of hydrogen-bond acceptors (Lipinski definition) is 0. The molecule has 2 nitrogen and oxygen atoms in total. The lowest BCUT2D eigenvalue weighted by Crippen LogP contribution is -2.53. The van der Waals surface area contributed by atoms with Crippen LogP contribution in [0.15, 0.2) is 0 Å². The molecule has 2 heteroatoms. The maximum absolute atomic E-state index is 2.31. The van der Waals surface area contributed by atoms with Gasteiger partial charge in [-0.3, -0.25) is 0 Å². The van der Waals surface area contributed by atoms with E-state index in [-0.39, 0.29) is 0 Å². The predicted molar refractivity (Wildman–Crippen MR) is 59.6 cm³/mol. The lowest BCUT2D eigenvalue weighted by molar-refractivity contribution is -0.957. The molecule has 13 heavy (non-hydrogen) atoms. The Morgan fingerprint density at radius 2 is 1.08 bits per heavy atom. The Morgan fingerprint density at radius 1 is 0.692 bits per heavy atom. The van der Waals surface area contributed by atoms with E-state index in [2.05, 4.69) is 41.9 Å². The van der Waals surface area contributed by atoms with Gasteiger partial charge < -0.3 is 8.97 Å². The lowest BCUT2D eigenvalue weighted by atomic mass is 10.3. The van der Waals surface area contributed by atoms with E-state index in [9.17, 15) is 0 Å². The largest absolute Gasteiger partial charge is 0.326 e. The fourth-order valence-electron chi connectivity index (χ4n) is 1.66. The smallest absolute Gasteiger partial charge is 0.128 e. The number of rotatable bonds is 6. The van der Waals surface area contributed by atoms with Gasteiger partial charge >= 0.3 is 0 Å². The van der Waals surface area contributed by atoms with Crippen molar-refractivity contribution in [3.05, 3.63) is 0 Å². The SMILES string of the molecule is CC[N+](CC)(CC)CC[N+](C)(C)C. The van der Waals surface area contributed by atoms with Crippen molar-refractivity contribution < 1.29 is 8.97 Å². The second-order valence-electron chi connectivity index (χ2n) is 5.03. The lowest BCUT2D eigenvalue weighted by Gasteiger charge is -2.38. The number of quaternary nitrogens is 2. The van der Waals surface area contributed by atoms with Crippen LogP contribution < -0.4 is 0 Å². The zero-order chi connectivity index (χ0) is 10.5. The summed E-state index contributed by atoms with van der Waals surface area (Å²) in [7, 11) is 6.82. The molecule has 0 rings (SSSR count). The molecule has 0 fully saturated rings. The normalized spacial score (nSPS) is 13.4. The molecule has 0 unspecified atom stereocenters. The van der Waals surface area contributed by atoms with E-state index in [0.29, 0.717) is 0 Å². The van der Waals surface area contributed by atoms with Gasteiger partial charge in [0.2, 0.25) is 0 Å². The van der Waals surface area contributed by atoms with Gasteiger partial charge in [-0.1, -0.05) is 0 Å². The molecule has 0 aromatic rings. The molecule has 0 bridgehead atoms. The van der Waals surface area contributed by atoms with Gasteiger partial charge in [0.25, 0.3) is 0 Å². The summed E-state index contributed by atoms with van der Waals surface area (Å²) in [6, 6.07) is 0. The summed E-state index contributed by atoms with van der Waals surface area (Å²) in [5.74, 6) is 0. The molecule has 0 aliphatic heterocycles. The first-order valence-electron chi connectivity index (χ1n) is 5.54. The van der Waals surface area contributed by atoms with Crippen molar-refractivity contribution in [2.45, 2.75) is 20.8 Å². The highest BCUT2D eigenvalue weighted by Crippen LogP contribution is 2.06. The molecule has 80 valence electrons. The highest BCUT2D eigenvalue weighted by atomic mass is 15.4. The summed E-state index contributed by atoms with van der Waals surface area (Å²) < 4.78 is 2.36. The molecule has 0 aliphatic rings. The van der Waals surface area contributed by atoms with Crippen molar-refractivity contribution >= 4 is 0 Å². The molecule has 0 saturated heterocycles. The Morgan fingerprint density at radius 3 is 1.31 bits per heavy atom. The average molecular weight is 188 g/mol. The molecule has 0 aliphatic carbocycles. The third kappa shape index (κ3) is 4.63. The van der Waals surface area contributed by atoms with E-state index in [1.54, 1.807) is 0 Å². The minimum atomic E-state index is 1.08. The molecule has 0 spiro atoms. The van der Waals surface area contributed by atoms with Gasteiger partial charge in [-0.25, -0.2) is 0 Å². The topological polar surface area (TPSA) is 0 Å². The molecule has 0 aromatic heterocycles. The molecule has 0 radical (unpaired) electrons. The Kier molecular flexibility index (Phi) is 4.93. The zero-order valence-electron chi connectivity index (χ0n) is 10.4. The Hall–Kier alpha value is -0.0800.